The van der Waals surface area contributed by atoms with E-state index in [2.05, 4.69) is 0 Å². The van der Waals surface area contributed by atoms with Crippen molar-refractivity contribution in [3.05, 3.63) is 48.0 Å². The van der Waals surface area contributed by atoms with Gasteiger partial charge in [0.1, 0.15) is 6.20 Å². The third-order valence-electron chi connectivity index (χ3n) is 3.06. The number of benzene rings is 1. The van der Waals surface area contributed by atoms with Gasteiger partial charge in [-0.1, -0.05) is 12.1 Å². The van der Waals surface area contributed by atoms with Gasteiger partial charge in [-0.25, -0.2) is 14.2 Å². The first-order chi connectivity index (χ1) is 9.45. The highest BCUT2D eigenvalue weighted by atomic mass is 16.5. The lowest BCUT2D eigenvalue weighted by atomic mass is 10.2. The Balaban J connectivity index is 2.00. The number of nitrogens with zero attached hydrogens (tertiary/aromatic N) is 3. The van der Waals surface area contributed by atoms with Crippen LogP contribution >= 0.6 is 0 Å². The number of hydroxylamine groups is 2. The van der Waals surface area contributed by atoms with Gasteiger partial charge in [-0.2, -0.15) is 0 Å². The van der Waals surface area contributed by atoms with E-state index in [-0.39, 0.29) is 18.9 Å². The van der Waals surface area contributed by atoms with E-state index >= 15 is 0 Å². The number of aromatic nitrogens is 2. The number of nitrogens with two attached hydrogens (primary N) is 1. The van der Waals surface area contributed by atoms with Crippen molar-refractivity contribution >= 4 is 11.6 Å². The molecule has 0 aliphatic carbocycles. The van der Waals surface area contributed by atoms with Crippen LogP contribution in [-0.4, -0.2) is 20.7 Å². The molecular formula is C14H19N4O2+. The zero-order chi connectivity index (χ0) is 14.7. The Morgan fingerprint density at radius 3 is 2.85 bits per heavy atom. The molecular weight excluding hydrogens is 256 g/mol. The molecule has 106 valence electrons. The molecule has 0 atom stereocenters. The van der Waals surface area contributed by atoms with Crippen molar-refractivity contribution in [2.24, 2.45) is 14.1 Å². The number of amides is 1. The van der Waals surface area contributed by atoms with Crippen molar-refractivity contribution in [1.82, 2.24) is 9.63 Å². The van der Waals surface area contributed by atoms with Gasteiger partial charge in [0.2, 0.25) is 6.33 Å². The molecule has 6 heteroatoms. The summed E-state index contributed by atoms with van der Waals surface area (Å²) in [7, 11) is 3.75. The van der Waals surface area contributed by atoms with Crippen molar-refractivity contribution in [1.29, 1.82) is 0 Å². The van der Waals surface area contributed by atoms with Crippen molar-refractivity contribution in [3.63, 3.8) is 0 Å². The Bertz CT molecular complexity index is 621. The van der Waals surface area contributed by atoms with Crippen LogP contribution in [0.4, 0.5) is 5.69 Å². The molecule has 0 radical (unpaired) electrons. The van der Waals surface area contributed by atoms with E-state index in [0.29, 0.717) is 5.69 Å². The third-order valence-corrected chi connectivity index (χ3v) is 3.06. The van der Waals surface area contributed by atoms with Crippen molar-refractivity contribution in [2.45, 2.75) is 13.0 Å². The molecule has 0 saturated heterocycles. The highest BCUT2D eigenvalue weighted by Gasteiger charge is 2.17. The molecule has 6 nitrogen and oxygen atoms in total. The third kappa shape index (κ3) is 3.36. The fourth-order valence-electron chi connectivity index (χ4n) is 2.08. The molecule has 3 N–H and O–H groups in total. The van der Waals surface area contributed by atoms with Gasteiger partial charge in [0, 0.05) is 5.69 Å². The van der Waals surface area contributed by atoms with E-state index in [1.165, 1.54) is 0 Å². The largest absolute Gasteiger partial charge is 0.399 e. The summed E-state index contributed by atoms with van der Waals surface area (Å²) in [6.45, 7) is 0.125. The smallest absolute Gasteiger partial charge is 0.254 e. The zero-order valence-electron chi connectivity index (χ0n) is 11.7. The minimum absolute atomic E-state index is 0.125. The van der Waals surface area contributed by atoms with E-state index in [1.54, 1.807) is 18.2 Å². The Hall–Kier alpha value is -2.34. The summed E-state index contributed by atoms with van der Waals surface area (Å²) in [6, 6.07) is 7.10. The van der Waals surface area contributed by atoms with E-state index in [1.807, 2.05) is 41.8 Å². The number of rotatable bonds is 4. The van der Waals surface area contributed by atoms with Crippen molar-refractivity contribution in [2.75, 3.05) is 5.73 Å². The lowest BCUT2D eigenvalue weighted by Gasteiger charge is -2.14. The van der Waals surface area contributed by atoms with Crippen LogP contribution in [0.5, 0.6) is 0 Å². The number of nitrogen functional groups attached to an aromatic ring is 1. The number of carbonyl (C=O) groups is 1. The molecule has 0 aliphatic heterocycles. The molecule has 0 aliphatic rings. The van der Waals surface area contributed by atoms with E-state index in [9.17, 15) is 10.0 Å². The van der Waals surface area contributed by atoms with Gasteiger partial charge in [0.25, 0.3) is 5.91 Å². The molecule has 1 aromatic heterocycles. The summed E-state index contributed by atoms with van der Waals surface area (Å²) >= 11 is 0. The molecule has 0 unspecified atom stereocenters. The Labute approximate surface area is 117 Å². The average Bonchev–Trinajstić information content (AvgIpc) is 2.67. The SMILES string of the molecule is Cn1c[n+](C)cc1CC(=O)N(O)Cc1cccc(N)c1. The van der Waals surface area contributed by atoms with Crippen LogP contribution in [0.1, 0.15) is 11.3 Å². The van der Waals surface area contributed by atoms with Crippen molar-refractivity contribution < 1.29 is 14.6 Å². The highest BCUT2D eigenvalue weighted by Crippen LogP contribution is 2.09. The van der Waals surface area contributed by atoms with Crippen LogP contribution in [-0.2, 0) is 31.9 Å². The second-order valence-corrected chi connectivity index (χ2v) is 4.89. The maximum atomic E-state index is 12.0. The summed E-state index contributed by atoms with van der Waals surface area (Å²) < 4.78 is 3.72. The molecule has 1 aromatic carbocycles. The van der Waals surface area contributed by atoms with Gasteiger partial charge in [-0.05, 0) is 17.7 Å². The zero-order valence-corrected chi connectivity index (χ0v) is 11.7. The summed E-state index contributed by atoms with van der Waals surface area (Å²) in [6.07, 6.45) is 3.87. The molecule has 0 spiro atoms. The van der Waals surface area contributed by atoms with Crippen LogP contribution in [0.25, 0.3) is 0 Å². The van der Waals surface area contributed by atoms with Crippen LogP contribution in [0.15, 0.2) is 36.8 Å². The summed E-state index contributed by atoms with van der Waals surface area (Å²) in [4.78, 5) is 12.0. The number of carbonyl (C=O) groups excluding carboxylic acids is 1. The van der Waals surface area contributed by atoms with Gasteiger partial charge in [0.15, 0.2) is 5.69 Å². The monoisotopic (exact) mass is 275 g/mol. The normalized spacial score (nSPS) is 10.6. The van der Waals surface area contributed by atoms with Gasteiger partial charge in [-0.3, -0.25) is 10.0 Å². The Morgan fingerprint density at radius 2 is 2.25 bits per heavy atom. The minimum atomic E-state index is -0.353. The molecule has 0 saturated carbocycles. The second-order valence-electron chi connectivity index (χ2n) is 4.89. The predicted octanol–water partition coefficient (Wildman–Crippen LogP) is 0.392. The number of anilines is 1. The van der Waals surface area contributed by atoms with Crippen LogP contribution < -0.4 is 10.3 Å². The van der Waals surface area contributed by atoms with Crippen LogP contribution in [0.2, 0.25) is 0 Å². The second kappa shape index (κ2) is 5.75. The van der Waals surface area contributed by atoms with Gasteiger partial charge in [-0.15, -0.1) is 0 Å². The minimum Gasteiger partial charge on any atom is -0.399 e. The quantitative estimate of drug-likeness (QED) is 0.367. The highest BCUT2D eigenvalue weighted by molar-refractivity contribution is 5.77. The molecule has 0 bridgehead atoms. The lowest BCUT2D eigenvalue weighted by molar-refractivity contribution is -0.671. The molecule has 1 amide bonds. The Kier molecular flexibility index (Phi) is 4.05. The average molecular weight is 275 g/mol. The number of hydrogen-bond acceptors (Lipinski definition) is 3. The van der Waals surface area contributed by atoms with E-state index in [4.69, 9.17) is 5.73 Å². The van der Waals surface area contributed by atoms with Crippen LogP contribution in [0.3, 0.4) is 0 Å². The van der Waals surface area contributed by atoms with Gasteiger partial charge in [0.05, 0.1) is 27.1 Å². The maximum absolute atomic E-state index is 12.0. The van der Waals surface area contributed by atoms with Crippen molar-refractivity contribution in [3.8, 4) is 0 Å². The topological polar surface area (TPSA) is 75.4 Å². The molecule has 2 rings (SSSR count). The van der Waals surface area contributed by atoms with Gasteiger partial charge >= 0.3 is 0 Å². The first kappa shape index (κ1) is 14.1. The predicted molar refractivity (Wildman–Crippen MR) is 73.5 cm³/mol. The maximum Gasteiger partial charge on any atom is 0.254 e. The summed E-state index contributed by atoms with van der Waals surface area (Å²) in [5.41, 5.74) is 7.90. The lowest BCUT2D eigenvalue weighted by Crippen LogP contribution is -2.29. The molecule has 20 heavy (non-hydrogen) atoms. The number of imidazole rings is 1. The van der Waals surface area contributed by atoms with E-state index < -0.39 is 0 Å². The van der Waals surface area contributed by atoms with Crippen LogP contribution in [0, 0.1) is 0 Å². The first-order valence-electron chi connectivity index (χ1n) is 6.30. The molecule has 0 fully saturated rings. The fourth-order valence-corrected chi connectivity index (χ4v) is 2.08. The van der Waals surface area contributed by atoms with E-state index in [0.717, 1.165) is 16.3 Å². The molecule has 2 aromatic rings. The fraction of sp³-hybridized carbons (Fsp3) is 0.286. The number of hydrogen-bond donors (Lipinski definition) is 2. The first-order valence-corrected chi connectivity index (χ1v) is 6.30. The summed E-state index contributed by atoms with van der Waals surface area (Å²) in [5, 5.41) is 10.6. The standard InChI is InChI=1S/C14H19N4O2/c1-16-9-13(17(2)10-16)7-14(19)18(20)8-11-4-3-5-12(15)6-11/h3-6,9-10,20H,7-8,15H2,1-2H3/q+1. The summed E-state index contributed by atoms with van der Waals surface area (Å²) in [5.74, 6) is -0.353. The molecule has 1 heterocycles. The Morgan fingerprint density at radius 1 is 1.50 bits per heavy atom. The van der Waals surface area contributed by atoms with Gasteiger partial charge < -0.3 is 5.73 Å². The number of aryl methyl sites for hydroxylation is 2.